The number of nitrogens with one attached hydrogen (secondary N) is 1. The van der Waals surface area contributed by atoms with E-state index in [0.29, 0.717) is 5.56 Å². The Morgan fingerprint density at radius 1 is 1.53 bits per heavy atom. The van der Waals surface area contributed by atoms with Crippen molar-refractivity contribution in [1.82, 2.24) is 5.32 Å². The molecule has 1 N–H and O–H groups in total. The third-order valence-electron chi connectivity index (χ3n) is 2.61. The third-order valence-corrected chi connectivity index (χ3v) is 3.46. The predicted octanol–water partition coefficient (Wildman–Crippen LogP) is 3.17. The molecule has 1 aliphatic heterocycles. The zero-order valence-electron chi connectivity index (χ0n) is 8.97. The van der Waals surface area contributed by atoms with Gasteiger partial charge in [0.25, 0.3) is 0 Å². The van der Waals surface area contributed by atoms with E-state index in [9.17, 15) is 13.6 Å². The molecule has 1 amide bonds. The molecule has 6 heteroatoms. The maximum atomic E-state index is 13.6. The van der Waals surface area contributed by atoms with Crippen LogP contribution in [-0.2, 0) is 4.74 Å². The maximum Gasteiger partial charge on any atom is 0.408 e. The van der Waals surface area contributed by atoms with E-state index >= 15 is 0 Å². The standard InChI is InChI=1S/C11H10BrF2NO2/c1-6-2-3-7(4-8(6)12)9-11(13,14)5-17-10(16)15-9/h2-4,9H,5H2,1H3,(H,15,16)/t9-/m1/s1. The first-order chi connectivity index (χ1) is 7.90. The molecular formula is C11H10BrF2NO2. The second-order valence-corrected chi connectivity index (χ2v) is 4.78. The number of halogens is 3. The van der Waals surface area contributed by atoms with Crippen molar-refractivity contribution < 1.29 is 18.3 Å². The number of rotatable bonds is 1. The van der Waals surface area contributed by atoms with Gasteiger partial charge in [0.1, 0.15) is 6.04 Å². The van der Waals surface area contributed by atoms with E-state index < -0.39 is 24.7 Å². The summed E-state index contributed by atoms with van der Waals surface area (Å²) >= 11 is 3.28. The number of carbonyl (C=O) groups is 1. The molecule has 0 unspecified atom stereocenters. The first kappa shape index (κ1) is 12.3. The molecule has 1 aromatic carbocycles. The highest BCUT2D eigenvalue weighted by molar-refractivity contribution is 9.10. The number of alkyl halides is 2. The summed E-state index contributed by atoms with van der Waals surface area (Å²) in [5.41, 5.74) is 1.29. The molecule has 0 spiro atoms. The number of amides is 1. The molecule has 1 aliphatic rings. The fourth-order valence-corrected chi connectivity index (χ4v) is 2.02. The molecule has 1 atom stereocenters. The molecule has 0 saturated carbocycles. The fourth-order valence-electron chi connectivity index (χ4n) is 1.63. The fraction of sp³-hybridized carbons (Fsp3) is 0.364. The Kier molecular flexibility index (Phi) is 3.07. The maximum absolute atomic E-state index is 13.6. The highest BCUT2D eigenvalue weighted by Crippen LogP contribution is 2.35. The van der Waals surface area contributed by atoms with Crippen molar-refractivity contribution in [1.29, 1.82) is 0 Å². The second-order valence-electron chi connectivity index (χ2n) is 3.92. The Morgan fingerprint density at radius 3 is 2.88 bits per heavy atom. The Morgan fingerprint density at radius 2 is 2.24 bits per heavy atom. The van der Waals surface area contributed by atoms with Crippen LogP contribution in [0.2, 0.25) is 0 Å². The van der Waals surface area contributed by atoms with E-state index in [-0.39, 0.29) is 0 Å². The summed E-state index contributed by atoms with van der Waals surface area (Å²) < 4.78 is 32.2. The lowest BCUT2D eigenvalue weighted by molar-refractivity contribution is -0.104. The SMILES string of the molecule is Cc1ccc([C@H]2NC(=O)OCC2(F)F)cc1Br. The van der Waals surface area contributed by atoms with Crippen LogP contribution in [0, 0.1) is 6.92 Å². The lowest BCUT2D eigenvalue weighted by Gasteiger charge is -2.32. The molecular weight excluding hydrogens is 296 g/mol. The van der Waals surface area contributed by atoms with Crippen LogP contribution in [0.5, 0.6) is 0 Å². The van der Waals surface area contributed by atoms with Gasteiger partial charge in [0.15, 0.2) is 6.61 Å². The van der Waals surface area contributed by atoms with Crippen molar-refractivity contribution in [3.05, 3.63) is 33.8 Å². The van der Waals surface area contributed by atoms with E-state index in [2.05, 4.69) is 26.0 Å². The zero-order chi connectivity index (χ0) is 12.6. The molecule has 0 aliphatic carbocycles. The van der Waals surface area contributed by atoms with Gasteiger partial charge >= 0.3 is 12.0 Å². The van der Waals surface area contributed by atoms with Crippen molar-refractivity contribution in [2.75, 3.05) is 6.61 Å². The van der Waals surface area contributed by atoms with Crippen molar-refractivity contribution in [2.24, 2.45) is 0 Å². The van der Waals surface area contributed by atoms with Gasteiger partial charge in [-0.3, -0.25) is 0 Å². The van der Waals surface area contributed by atoms with E-state index in [1.54, 1.807) is 18.2 Å². The van der Waals surface area contributed by atoms with Crippen LogP contribution in [0.15, 0.2) is 22.7 Å². The van der Waals surface area contributed by atoms with Gasteiger partial charge in [0.2, 0.25) is 0 Å². The minimum Gasteiger partial charge on any atom is -0.443 e. The summed E-state index contributed by atoms with van der Waals surface area (Å²) in [5.74, 6) is -3.11. The van der Waals surface area contributed by atoms with Crippen molar-refractivity contribution in [3.8, 4) is 0 Å². The van der Waals surface area contributed by atoms with Crippen LogP contribution in [0.3, 0.4) is 0 Å². The number of benzene rings is 1. The summed E-state index contributed by atoms with van der Waals surface area (Å²) in [7, 11) is 0. The van der Waals surface area contributed by atoms with Crippen LogP contribution in [0.4, 0.5) is 13.6 Å². The minimum absolute atomic E-state index is 0.351. The normalized spacial score (nSPS) is 22.8. The van der Waals surface area contributed by atoms with Gasteiger partial charge in [-0.25, -0.2) is 13.6 Å². The van der Waals surface area contributed by atoms with Crippen molar-refractivity contribution in [3.63, 3.8) is 0 Å². The zero-order valence-corrected chi connectivity index (χ0v) is 10.6. The summed E-state index contributed by atoms with van der Waals surface area (Å²) in [6, 6.07) is 3.53. The summed E-state index contributed by atoms with van der Waals surface area (Å²) in [4.78, 5) is 11.0. The number of carbonyl (C=O) groups excluding carboxylic acids is 1. The van der Waals surface area contributed by atoms with Gasteiger partial charge in [-0.15, -0.1) is 0 Å². The Labute approximate surface area is 105 Å². The van der Waals surface area contributed by atoms with Crippen molar-refractivity contribution in [2.45, 2.75) is 18.9 Å². The Bertz CT molecular complexity index is 465. The molecule has 0 bridgehead atoms. The van der Waals surface area contributed by atoms with Crippen LogP contribution in [0.25, 0.3) is 0 Å². The van der Waals surface area contributed by atoms with Crippen LogP contribution >= 0.6 is 15.9 Å². The quantitative estimate of drug-likeness (QED) is 0.865. The number of cyclic esters (lactones) is 1. The van der Waals surface area contributed by atoms with Crippen LogP contribution < -0.4 is 5.32 Å². The Hall–Kier alpha value is -1.17. The average Bonchev–Trinajstić information content (AvgIpc) is 2.26. The van der Waals surface area contributed by atoms with E-state index in [1.165, 1.54) is 0 Å². The first-order valence-corrected chi connectivity index (χ1v) is 5.76. The van der Waals surface area contributed by atoms with Gasteiger partial charge in [-0.2, -0.15) is 0 Å². The summed E-state index contributed by atoms with van der Waals surface area (Å²) in [5, 5.41) is 2.14. The largest absolute Gasteiger partial charge is 0.443 e. The molecule has 1 saturated heterocycles. The van der Waals surface area contributed by atoms with Gasteiger partial charge in [-0.1, -0.05) is 28.1 Å². The second kappa shape index (κ2) is 4.25. The van der Waals surface area contributed by atoms with Crippen molar-refractivity contribution >= 4 is 22.0 Å². The molecule has 0 aromatic heterocycles. The number of hydrogen-bond acceptors (Lipinski definition) is 2. The van der Waals surface area contributed by atoms with Crippen LogP contribution in [-0.4, -0.2) is 18.6 Å². The molecule has 1 heterocycles. The predicted molar refractivity (Wildman–Crippen MR) is 61.1 cm³/mol. The number of aryl methyl sites for hydroxylation is 1. The molecule has 1 aromatic rings. The number of hydrogen-bond donors (Lipinski definition) is 1. The highest BCUT2D eigenvalue weighted by Gasteiger charge is 2.46. The summed E-state index contributed by atoms with van der Waals surface area (Å²) in [6.07, 6.45) is -0.822. The smallest absolute Gasteiger partial charge is 0.408 e. The van der Waals surface area contributed by atoms with Gasteiger partial charge in [0.05, 0.1) is 0 Å². The Balaban J connectivity index is 2.36. The van der Waals surface area contributed by atoms with Gasteiger partial charge in [-0.05, 0) is 24.1 Å². The molecule has 2 rings (SSSR count). The highest BCUT2D eigenvalue weighted by atomic mass is 79.9. The first-order valence-electron chi connectivity index (χ1n) is 4.97. The molecule has 17 heavy (non-hydrogen) atoms. The topological polar surface area (TPSA) is 38.3 Å². The molecule has 3 nitrogen and oxygen atoms in total. The number of alkyl carbamates (subject to hydrolysis) is 1. The van der Waals surface area contributed by atoms with E-state index in [0.717, 1.165) is 10.0 Å². The lowest BCUT2D eigenvalue weighted by Crippen LogP contribution is -2.49. The van der Waals surface area contributed by atoms with Gasteiger partial charge < -0.3 is 10.1 Å². The average molecular weight is 306 g/mol. The monoisotopic (exact) mass is 305 g/mol. The molecule has 92 valence electrons. The van der Waals surface area contributed by atoms with E-state index in [4.69, 9.17) is 0 Å². The molecule has 0 radical (unpaired) electrons. The van der Waals surface area contributed by atoms with Gasteiger partial charge in [0, 0.05) is 4.47 Å². The lowest BCUT2D eigenvalue weighted by atomic mass is 9.99. The third kappa shape index (κ3) is 2.41. The summed E-state index contributed by atoms with van der Waals surface area (Å²) in [6.45, 7) is 0.962. The number of ether oxygens (including phenoxy) is 1. The molecule has 1 fully saturated rings. The van der Waals surface area contributed by atoms with E-state index in [1.807, 2.05) is 6.92 Å². The van der Waals surface area contributed by atoms with Crippen LogP contribution in [0.1, 0.15) is 17.2 Å². The minimum atomic E-state index is -3.11.